The van der Waals surface area contributed by atoms with E-state index >= 15 is 0 Å². The van der Waals surface area contributed by atoms with Crippen molar-refractivity contribution in [1.82, 2.24) is 19.9 Å². The van der Waals surface area contributed by atoms with E-state index in [0.717, 1.165) is 63.3 Å². The standard InChI is InChI=1S/C24H25ClN6O/c1-12-20(32-2)9-17-19(29-12)6-5-16(22(17)25)18-10-28-24-23(18)27-11-21(30-24)31-14-3-4-15(31)8-13(26)7-14/h5-6,9-11,13-15H,3-4,7-8,26H2,1-2H3,(H,28,30)/t13-,14+,15-. The number of methoxy groups -OCH3 is 1. The Morgan fingerprint density at radius 2 is 1.94 bits per heavy atom. The molecule has 0 saturated carbocycles. The fourth-order valence-electron chi connectivity index (χ4n) is 5.51. The molecule has 0 aliphatic carbocycles. The predicted octanol–water partition coefficient (Wildman–Crippen LogP) is 4.60. The minimum Gasteiger partial charge on any atom is -0.495 e. The number of hydrogen-bond donors (Lipinski definition) is 2. The van der Waals surface area contributed by atoms with Crippen LogP contribution in [-0.2, 0) is 0 Å². The highest BCUT2D eigenvalue weighted by Crippen LogP contribution is 2.40. The summed E-state index contributed by atoms with van der Waals surface area (Å²) in [7, 11) is 1.64. The van der Waals surface area contributed by atoms with E-state index in [4.69, 9.17) is 32.0 Å². The Morgan fingerprint density at radius 3 is 2.69 bits per heavy atom. The molecule has 0 radical (unpaired) electrons. The zero-order valence-electron chi connectivity index (χ0n) is 18.1. The second kappa shape index (κ2) is 7.32. The van der Waals surface area contributed by atoms with Gasteiger partial charge in [0.1, 0.15) is 17.1 Å². The average molecular weight is 449 g/mol. The van der Waals surface area contributed by atoms with E-state index in [9.17, 15) is 0 Å². The van der Waals surface area contributed by atoms with Gasteiger partial charge in [-0.25, -0.2) is 15.0 Å². The van der Waals surface area contributed by atoms with Crippen LogP contribution in [0.5, 0.6) is 5.75 Å². The van der Waals surface area contributed by atoms with E-state index < -0.39 is 0 Å². The normalized spacial score (nSPS) is 22.8. The third-order valence-corrected chi connectivity index (χ3v) is 7.40. The fraction of sp³-hybridized carbons (Fsp3) is 0.375. The summed E-state index contributed by atoms with van der Waals surface area (Å²) in [4.78, 5) is 20.1. The molecule has 2 aliphatic rings. The minimum absolute atomic E-state index is 0.296. The molecule has 2 saturated heterocycles. The fourth-order valence-corrected chi connectivity index (χ4v) is 5.83. The van der Waals surface area contributed by atoms with Gasteiger partial charge in [-0.05, 0) is 44.7 Å². The van der Waals surface area contributed by atoms with Gasteiger partial charge in [0.2, 0.25) is 0 Å². The largest absolute Gasteiger partial charge is 0.495 e. The first-order valence-electron chi connectivity index (χ1n) is 11.1. The molecule has 5 heterocycles. The highest BCUT2D eigenvalue weighted by atomic mass is 35.5. The molecule has 2 aliphatic heterocycles. The van der Waals surface area contributed by atoms with E-state index in [-0.39, 0.29) is 0 Å². The number of ether oxygens (including phenoxy) is 1. The predicted molar refractivity (Wildman–Crippen MR) is 127 cm³/mol. The second-order valence-electron chi connectivity index (χ2n) is 8.92. The molecular formula is C24H25ClN6O. The molecule has 2 bridgehead atoms. The van der Waals surface area contributed by atoms with E-state index in [1.807, 2.05) is 37.5 Å². The number of benzene rings is 1. The number of pyridine rings is 1. The van der Waals surface area contributed by atoms with Crippen LogP contribution in [0.3, 0.4) is 0 Å². The van der Waals surface area contributed by atoms with Gasteiger partial charge in [-0.15, -0.1) is 0 Å². The number of aromatic nitrogens is 4. The van der Waals surface area contributed by atoms with Crippen molar-refractivity contribution in [3.63, 3.8) is 0 Å². The van der Waals surface area contributed by atoms with E-state index in [1.165, 1.54) is 12.8 Å². The Kier molecular flexibility index (Phi) is 4.52. The lowest BCUT2D eigenvalue weighted by molar-refractivity contribution is 0.410. The number of aromatic amines is 1. The Labute approximate surface area is 191 Å². The van der Waals surface area contributed by atoms with Crippen molar-refractivity contribution in [2.24, 2.45) is 5.73 Å². The molecule has 2 fully saturated rings. The maximum absolute atomic E-state index is 6.85. The second-order valence-corrected chi connectivity index (χ2v) is 9.30. The van der Waals surface area contributed by atoms with Crippen molar-refractivity contribution < 1.29 is 4.74 Å². The monoisotopic (exact) mass is 448 g/mol. The SMILES string of the molecule is COc1cc2c(Cl)c(-c3c[nH]c4nc(N5[C@@H]6CC[C@H]5C[C@@H](N)C6)cnc34)ccc2nc1C. The van der Waals surface area contributed by atoms with Crippen LogP contribution in [0.2, 0.25) is 5.02 Å². The number of anilines is 1. The topological polar surface area (TPSA) is 93.0 Å². The third kappa shape index (κ3) is 2.95. The third-order valence-electron chi connectivity index (χ3n) is 6.99. The van der Waals surface area contributed by atoms with Crippen LogP contribution in [0.4, 0.5) is 5.82 Å². The van der Waals surface area contributed by atoms with E-state index in [1.54, 1.807) is 7.11 Å². The Morgan fingerprint density at radius 1 is 1.16 bits per heavy atom. The van der Waals surface area contributed by atoms with Crippen LogP contribution in [-0.4, -0.2) is 45.2 Å². The zero-order valence-corrected chi connectivity index (χ0v) is 18.9. The lowest BCUT2D eigenvalue weighted by atomic mass is 9.98. The summed E-state index contributed by atoms with van der Waals surface area (Å²) in [6.45, 7) is 1.93. The average Bonchev–Trinajstić information content (AvgIpc) is 3.32. The molecule has 1 aromatic carbocycles. The number of piperidine rings is 1. The van der Waals surface area contributed by atoms with Gasteiger partial charge in [-0.3, -0.25) is 0 Å². The minimum atomic E-state index is 0.296. The number of rotatable bonds is 3. The highest BCUT2D eigenvalue weighted by Gasteiger charge is 2.40. The zero-order chi connectivity index (χ0) is 22.0. The van der Waals surface area contributed by atoms with Crippen LogP contribution in [0.1, 0.15) is 31.4 Å². The quantitative estimate of drug-likeness (QED) is 0.475. The smallest absolute Gasteiger partial charge is 0.159 e. The van der Waals surface area contributed by atoms with Crippen LogP contribution < -0.4 is 15.4 Å². The first-order valence-corrected chi connectivity index (χ1v) is 11.4. The summed E-state index contributed by atoms with van der Waals surface area (Å²) in [6.07, 6.45) is 8.23. The number of nitrogens with two attached hydrogens (primary N) is 1. The molecule has 6 rings (SSSR count). The van der Waals surface area contributed by atoms with Gasteiger partial charge < -0.3 is 20.4 Å². The van der Waals surface area contributed by atoms with Crippen LogP contribution in [0, 0.1) is 6.92 Å². The van der Waals surface area contributed by atoms with Crippen LogP contribution in [0.25, 0.3) is 33.2 Å². The maximum atomic E-state index is 6.85. The number of halogens is 1. The molecule has 8 heteroatoms. The van der Waals surface area contributed by atoms with Crippen molar-refractivity contribution in [3.05, 3.63) is 41.3 Å². The molecule has 0 spiro atoms. The summed E-state index contributed by atoms with van der Waals surface area (Å²) in [6, 6.07) is 7.15. The molecule has 0 amide bonds. The van der Waals surface area contributed by atoms with Crippen molar-refractivity contribution in [2.75, 3.05) is 12.0 Å². The number of nitrogens with zero attached hydrogens (tertiary/aromatic N) is 4. The van der Waals surface area contributed by atoms with Gasteiger partial charge in [-0.2, -0.15) is 0 Å². The number of hydrogen-bond acceptors (Lipinski definition) is 6. The highest BCUT2D eigenvalue weighted by molar-refractivity contribution is 6.38. The Bertz CT molecular complexity index is 1340. The van der Waals surface area contributed by atoms with Gasteiger partial charge in [0.05, 0.1) is 29.5 Å². The van der Waals surface area contributed by atoms with Gasteiger partial charge in [0, 0.05) is 40.8 Å². The molecule has 0 unspecified atom stereocenters. The molecule has 3 aromatic heterocycles. The first kappa shape index (κ1) is 19.8. The van der Waals surface area contributed by atoms with Crippen LogP contribution in [0.15, 0.2) is 30.6 Å². The molecule has 32 heavy (non-hydrogen) atoms. The van der Waals surface area contributed by atoms with Gasteiger partial charge >= 0.3 is 0 Å². The summed E-state index contributed by atoms with van der Waals surface area (Å²) in [5.74, 6) is 1.65. The lowest BCUT2D eigenvalue weighted by Crippen LogP contribution is -2.47. The summed E-state index contributed by atoms with van der Waals surface area (Å²) >= 11 is 6.85. The maximum Gasteiger partial charge on any atom is 0.159 e. The molecule has 4 aromatic rings. The van der Waals surface area contributed by atoms with Gasteiger partial charge in [0.25, 0.3) is 0 Å². The molecular weight excluding hydrogens is 424 g/mol. The first-order chi connectivity index (χ1) is 15.5. The van der Waals surface area contributed by atoms with Gasteiger partial charge in [0.15, 0.2) is 5.65 Å². The summed E-state index contributed by atoms with van der Waals surface area (Å²) in [5.41, 5.74) is 11.3. The number of H-pyrrole nitrogens is 1. The number of aryl methyl sites for hydroxylation is 1. The Balaban J connectivity index is 1.42. The number of fused-ring (bicyclic) bond motifs is 4. The van der Waals surface area contributed by atoms with Crippen molar-refractivity contribution in [2.45, 2.75) is 50.7 Å². The van der Waals surface area contributed by atoms with Crippen LogP contribution >= 0.6 is 11.6 Å². The van der Waals surface area contributed by atoms with Gasteiger partial charge in [-0.1, -0.05) is 17.7 Å². The molecule has 7 nitrogen and oxygen atoms in total. The van der Waals surface area contributed by atoms with Crippen molar-refractivity contribution in [3.8, 4) is 16.9 Å². The molecule has 164 valence electrons. The van der Waals surface area contributed by atoms with E-state index in [0.29, 0.717) is 23.1 Å². The summed E-state index contributed by atoms with van der Waals surface area (Å²) < 4.78 is 5.45. The van der Waals surface area contributed by atoms with Crippen molar-refractivity contribution >= 4 is 39.5 Å². The molecule has 3 N–H and O–H groups in total. The molecule has 3 atom stereocenters. The number of nitrogens with one attached hydrogen (secondary N) is 1. The van der Waals surface area contributed by atoms with Crippen molar-refractivity contribution in [1.29, 1.82) is 0 Å². The van der Waals surface area contributed by atoms with E-state index in [2.05, 4.69) is 14.9 Å². The Hall–Kier alpha value is -2.90. The lowest BCUT2D eigenvalue weighted by Gasteiger charge is -2.38. The summed E-state index contributed by atoms with van der Waals surface area (Å²) in [5, 5.41) is 1.48.